The number of nitrogens with zero attached hydrogens (tertiary/aromatic N) is 1. The molecule has 7 heteroatoms. The Balaban J connectivity index is 1.38. The van der Waals surface area contributed by atoms with E-state index in [0.29, 0.717) is 29.7 Å². The molecule has 1 aromatic heterocycles. The van der Waals surface area contributed by atoms with Crippen molar-refractivity contribution in [3.05, 3.63) is 71.2 Å². The molecular weight excluding hydrogens is 376 g/mol. The quantitative estimate of drug-likeness (QED) is 0.403. The van der Waals surface area contributed by atoms with Crippen molar-refractivity contribution in [2.45, 2.75) is 13.5 Å². The lowest BCUT2D eigenvalue weighted by molar-refractivity contribution is 0.0444. The molecule has 3 aromatic rings. The highest BCUT2D eigenvalue weighted by Crippen LogP contribution is 2.18. The van der Waals surface area contributed by atoms with Gasteiger partial charge in [0.2, 0.25) is 0 Å². The van der Waals surface area contributed by atoms with Crippen molar-refractivity contribution in [3.8, 4) is 11.5 Å². The molecule has 1 heterocycles. The van der Waals surface area contributed by atoms with Crippen molar-refractivity contribution in [1.29, 1.82) is 0 Å². The number of nitrogens with one attached hydrogen (secondary N) is 1. The average Bonchev–Trinajstić information content (AvgIpc) is 3.21. The highest BCUT2D eigenvalue weighted by atomic mass is 32.1. The Kier molecular flexibility index (Phi) is 7.26. The maximum Gasteiger partial charge on any atom is 0.358 e. The normalized spacial score (nSPS) is 10.3. The third-order valence-corrected chi connectivity index (χ3v) is 4.52. The first-order chi connectivity index (χ1) is 13.7. The molecule has 0 bridgehead atoms. The number of benzene rings is 2. The summed E-state index contributed by atoms with van der Waals surface area (Å²) < 4.78 is 16.1. The maximum atomic E-state index is 12.1. The molecule has 2 aromatic carbocycles. The number of thiazole rings is 1. The van der Waals surface area contributed by atoms with Crippen LogP contribution >= 0.6 is 11.3 Å². The summed E-state index contributed by atoms with van der Waals surface area (Å²) >= 11 is 1.37. The number of hydrogen-bond donors (Lipinski definition) is 1. The van der Waals surface area contributed by atoms with Crippen molar-refractivity contribution in [3.63, 3.8) is 0 Å². The van der Waals surface area contributed by atoms with Gasteiger partial charge in [-0.25, -0.2) is 9.78 Å². The van der Waals surface area contributed by atoms with Gasteiger partial charge in [-0.1, -0.05) is 30.3 Å². The van der Waals surface area contributed by atoms with E-state index >= 15 is 0 Å². The van der Waals surface area contributed by atoms with Crippen LogP contribution in [0.15, 0.2) is 60.0 Å². The molecule has 0 atom stereocenters. The fourth-order valence-electron chi connectivity index (χ4n) is 2.39. The third-order valence-electron chi connectivity index (χ3n) is 3.72. The molecule has 0 saturated carbocycles. The molecule has 0 spiro atoms. The van der Waals surface area contributed by atoms with Crippen LogP contribution in [0, 0.1) is 0 Å². The minimum atomic E-state index is -0.459. The van der Waals surface area contributed by atoms with E-state index in [1.807, 2.05) is 61.5 Å². The van der Waals surface area contributed by atoms with Crippen LogP contribution in [0.3, 0.4) is 0 Å². The zero-order valence-corrected chi connectivity index (χ0v) is 16.4. The van der Waals surface area contributed by atoms with Gasteiger partial charge in [0.15, 0.2) is 10.8 Å². The Bertz CT molecular complexity index is 866. The Labute approximate surface area is 168 Å². The van der Waals surface area contributed by atoms with E-state index in [0.717, 1.165) is 11.3 Å². The summed E-state index contributed by atoms with van der Waals surface area (Å²) in [5.74, 6) is 1.03. The molecule has 0 fully saturated rings. The van der Waals surface area contributed by atoms with E-state index < -0.39 is 5.97 Å². The van der Waals surface area contributed by atoms with Crippen LogP contribution < -0.4 is 14.8 Å². The van der Waals surface area contributed by atoms with Gasteiger partial charge in [0.05, 0.1) is 6.61 Å². The van der Waals surface area contributed by atoms with Gasteiger partial charge in [0, 0.05) is 11.9 Å². The van der Waals surface area contributed by atoms with Crippen LogP contribution in [0.5, 0.6) is 11.5 Å². The molecule has 146 valence electrons. The first kappa shape index (κ1) is 19.7. The molecule has 0 unspecified atom stereocenters. The van der Waals surface area contributed by atoms with E-state index in [1.165, 1.54) is 11.3 Å². The number of carbonyl (C=O) groups excluding carboxylic acids is 1. The van der Waals surface area contributed by atoms with Gasteiger partial charge in [-0.05, 0) is 36.8 Å². The first-order valence-electron chi connectivity index (χ1n) is 9.00. The molecule has 3 rings (SSSR count). The molecule has 0 amide bonds. The number of carbonyl (C=O) groups is 1. The Morgan fingerprint density at radius 1 is 1.00 bits per heavy atom. The van der Waals surface area contributed by atoms with Crippen LogP contribution in [-0.2, 0) is 11.3 Å². The van der Waals surface area contributed by atoms with Gasteiger partial charge in [0.1, 0.15) is 24.7 Å². The number of rotatable bonds is 10. The second-order valence-corrected chi connectivity index (χ2v) is 6.62. The molecule has 0 aliphatic heterocycles. The van der Waals surface area contributed by atoms with Gasteiger partial charge in [-0.2, -0.15) is 0 Å². The van der Waals surface area contributed by atoms with Crippen molar-refractivity contribution >= 4 is 22.4 Å². The van der Waals surface area contributed by atoms with E-state index in [9.17, 15) is 4.79 Å². The predicted octanol–water partition coefficient (Wildman–Crippen LogP) is 4.39. The number of anilines is 1. The van der Waals surface area contributed by atoms with Crippen molar-refractivity contribution < 1.29 is 19.0 Å². The summed E-state index contributed by atoms with van der Waals surface area (Å²) in [6.07, 6.45) is 0. The summed E-state index contributed by atoms with van der Waals surface area (Å²) in [4.78, 5) is 16.3. The highest BCUT2D eigenvalue weighted by molar-refractivity contribution is 7.13. The minimum Gasteiger partial charge on any atom is -0.494 e. The molecular formula is C21H22N2O4S. The second-order valence-electron chi connectivity index (χ2n) is 5.77. The Morgan fingerprint density at radius 2 is 1.71 bits per heavy atom. The van der Waals surface area contributed by atoms with Gasteiger partial charge in [-0.15, -0.1) is 11.3 Å². The second kappa shape index (κ2) is 10.3. The summed E-state index contributed by atoms with van der Waals surface area (Å²) in [7, 11) is 0. The zero-order chi connectivity index (χ0) is 19.6. The lowest BCUT2D eigenvalue weighted by Gasteiger charge is -2.08. The molecule has 1 N–H and O–H groups in total. The lowest BCUT2D eigenvalue weighted by Crippen LogP contribution is -2.12. The minimum absolute atomic E-state index is 0.149. The summed E-state index contributed by atoms with van der Waals surface area (Å²) in [5, 5.41) is 5.57. The lowest BCUT2D eigenvalue weighted by atomic mass is 10.2. The molecule has 6 nitrogen and oxygen atoms in total. The zero-order valence-electron chi connectivity index (χ0n) is 15.6. The summed E-state index contributed by atoms with van der Waals surface area (Å²) in [5.41, 5.74) is 1.44. The van der Waals surface area contributed by atoms with Crippen LogP contribution in [0.2, 0.25) is 0 Å². The van der Waals surface area contributed by atoms with Crippen LogP contribution in [-0.4, -0.2) is 30.8 Å². The van der Waals surface area contributed by atoms with Crippen LogP contribution in [0.4, 0.5) is 5.13 Å². The monoisotopic (exact) mass is 398 g/mol. The molecule has 0 saturated heterocycles. The van der Waals surface area contributed by atoms with E-state index in [2.05, 4.69) is 10.3 Å². The van der Waals surface area contributed by atoms with E-state index in [4.69, 9.17) is 14.2 Å². The number of aromatic nitrogens is 1. The molecule has 0 aliphatic carbocycles. The topological polar surface area (TPSA) is 69.7 Å². The Morgan fingerprint density at radius 3 is 2.43 bits per heavy atom. The SMILES string of the molecule is CCOc1ccc(OCCOC(=O)c2csc(NCc3ccccc3)n2)cc1. The highest BCUT2D eigenvalue weighted by Gasteiger charge is 2.12. The van der Waals surface area contributed by atoms with Gasteiger partial charge in [0.25, 0.3) is 0 Å². The number of ether oxygens (including phenoxy) is 3. The Hall–Kier alpha value is -3.06. The largest absolute Gasteiger partial charge is 0.494 e. The first-order valence-corrected chi connectivity index (χ1v) is 9.88. The predicted molar refractivity (Wildman–Crippen MR) is 109 cm³/mol. The van der Waals surface area contributed by atoms with E-state index in [1.54, 1.807) is 5.38 Å². The van der Waals surface area contributed by atoms with Gasteiger partial charge < -0.3 is 19.5 Å². The number of hydrogen-bond acceptors (Lipinski definition) is 7. The fourth-order valence-corrected chi connectivity index (χ4v) is 3.07. The fraction of sp³-hybridized carbons (Fsp3) is 0.238. The van der Waals surface area contributed by atoms with Crippen molar-refractivity contribution in [2.75, 3.05) is 25.1 Å². The summed E-state index contributed by atoms with van der Waals surface area (Å²) in [6.45, 7) is 3.62. The van der Waals surface area contributed by atoms with Crippen molar-refractivity contribution in [2.24, 2.45) is 0 Å². The van der Waals surface area contributed by atoms with E-state index in [-0.39, 0.29) is 13.2 Å². The standard InChI is InChI=1S/C21H22N2O4S/c1-2-25-17-8-10-18(11-9-17)26-12-13-27-20(24)19-15-28-21(23-19)22-14-16-6-4-3-5-7-16/h3-11,15H,2,12-14H2,1H3,(H,22,23). The van der Waals surface area contributed by atoms with Crippen LogP contribution in [0.25, 0.3) is 0 Å². The third kappa shape index (κ3) is 5.99. The van der Waals surface area contributed by atoms with Gasteiger partial charge in [-0.3, -0.25) is 0 Å². The average molecular weight is 398 g/mol. The molecule has 28 heavy (non-hydrogen) atoms. The maximum absolute atomic E-state index is 12.1. The van der Waals surface area contributed by atoms with Crippen molar-refractivity contribution in [1.82, 2.24) is 4.98 Å². The number of esters is 1. The smallest absolute Gasteiger partial charge is 0.358 e. The van der Waals surface area contributed by atoms with Gasteiger partial charge >= 0.3 is 5.97 Å². The van der Waals surface area contributed by atoms with Crippen LogP contribution in [0.1, 0.15) is 23.0 Å². The summed E-state index contributed by atoms with van der Waals surface area (Å²) in [6, 6.07) is 17.3. The molecule has 0 radical (unpaired) electrons. The molecule has 0 aliphatic rings.